The summed E-state index contributed by atoms with van der Waals surface area (Å²) < 4.78 is 27.9. The molecule has 7 nitrogen and oxygen atoms in total. The van der Waals surface area contributed by atoms with Crippen LogP contribution in [-0.2, 0) is 29.3 Å². The van der Waals surface area contributed by atoms with Gasteiger partial charge in [-0.3, -0.25) is 9.36 Å². The summed E-state index contributed by atoms with van der Waals surface area (Å²) in [7, 11) is -2.10. The maximum Gasteiger partial charge on any atom is 0.337 e. The van der Waals surface area contributed by atoms with Crippen molar-refractivity contribution >= 4 is 25.2 Å². The van der Waals surface area contributed by atoms with Gasteiger partial charge in [0.1, 0.15) is 0 Å². The second-order valence-electron chi connectivity index (χ2n) is 4.65. The van der Waals surface area contributed by atoms with E-state index >= 15 is 0 Å². The summed E-state index contributed by atoms with van der Waals surface area (Å²) in [6.07, 6.45) is -0.0604. The average Bonchev–Trinajstić information content (AvgIpc) is 2.48. The number of anilines is 1. The molecule has 128 valence electrons. The monoisotopic (exact) mass is 343 g/mol. The lowest BCUT2D eigenvalue weighted by Gasteiger charge is -2.19. The molecule has 0 spiro atoms. The minimum atomic E-state index is -3.37. The molecule has 0 heterocycles. The number of carbonyl (C=O) groups is 2. The summed E-state index contributed by atoms with van der Waals surface area (Å²) in [5.41, 5.74) is 1.22. The quantitative estimate of drug-likeness (QED) is 0.576. The molecule has 1 N–H and O–H groups in total. The molecule has 1 aromatic carbocycles. The van der Waals surface area contributed by atoms with E-state index in [1.165, 1.54) is 26.2 Å². The largest absolute Gasteiger partial charge is 0.465 e. The Hall–Kier alpha value is -1.69. The molecular formula is C15H22NO6P. The lowest BCUT2D eigenvalue weighted by Crippen LogP contribution is -2.11. The van der Waals surface area contributed by atoms with Crippen molar-refractivity contribution in [3.8, 4) is 0 Å². The first-order chi connectivity index (χ1) is 10.8. The predicted octanol–water partition coefficient (Wildman–Crippen LogP) is 3.20. The van der Waals surface area contributed by atoms with Gasteiger partial charge in [-0.05, 0) is 37.6 Å². The third-order valence-corrected chi connectivity index (χ3v) is 4.88. The topological polar surface area (TPSA) is 90.9 Å². The summed E-state index contributed by atoms with van der Waals surface area (Å²) in [4.78, 5) is 23.0. The zero-order valence-electron chi connectivity index (χ0n) is 13.8. The van der Waals surface area contributed by atoms with E-state index in [0.29, 0.717) is 11.3 Å². The Morgan fingerprint density at radius 3 is 2.26 bits per heavy atom. The molecule has 0 aromatic heterocycles. The third kappa shape index (κ3) is 5.78. The molecule has 0 atom stereocenters. The average molecular weight is 343 g/mol. The van der Waals surface area contributed by atoms with Crippen molar-refractivity contribution in [2.24, 2.45) is 0 Å². The van der Waals surface area contributed by atoms with Crippen LogP contribution in [0.25, 0.3) is 0 Å². The summed E-state index contributed by atoms with van der Waals surface area (Å²) in [5.74, 6) is -0.803. The molecule has 8 heteroatoms. The number of ether oxygens (including phenoxy) is 1. The van der Waals surface area contributed by atoms with Crippen LogP contribution in [0.2, 0.25) is 0 Å². The normalized spacial score (nSPS) is 11.1. The van der Waals surface area contributed by atoms with Crippen molar-refractivity contribution in [2.75, 3.05) is 25.6 Å². The molecular weight excluding hydrogens is 321 g/mol. The highest BCUT2D eigenvalue weighted by Crippen LogP contribution is 2.52. The summed E-state index contributed by atoms with van der Waals surface area (Å²) >= 11 is 0. The van der Waals surface area contributed by atoms with Crippen LogP contribution in [0.3, 0.4) is 0 Å². The van der Waals surface area contributed by atoms with Crippen molar-refractivity contribution in [2.45, 2.75) is 26.9 Å². The van der Waals surface area contributed by atoms with Crippen molar-refractivity contribution in [1.82, 2.24) is 0 Å². The minimum absolute atomic E-state index is 0.0604. The van der Waals surface area contributed by atoms with Gasteiger partial charge in [-0.15, -0.1) is 0 Å². The lowest BCUT2D eigenvalue weighted by molar-refractivity contribution is -0.114. The highest BCUT2D eigenvalue weighted by molar-refractivity contribution is 7.53. The second kappa shape index (κ2) is 8.82. The number of benzene rings is 1. The van der Waals surface area contributed by atoms with Crippen LogP contribution in [0, 0.1) is 0 Å². The molecule has 0 radical (unpaired) electrons. The van der Waals surface area contributed by atoms with Gasteiger partial charge in [0.25, 0.3) is 0 Å². The SMILES string of the molecule is CCOP(=O)(Cc1cc(C(=O)OC)ccc1NC(C)=O)OCC. The maximum absolute atomic E-state index is 12.7. The van der Waals surface area contributed by atoms with Gasteiger partial charge in [0, 0.05) is 12.6 Å². The zero-order chi connectivity index (χ0) is 17.5. The van der Waals surface area contributed by atoms with E-state index in [1.807, 2.05) is 0 Å². The number of carbonyl (C=O) groups excluding carboxylic acids is 2. The Balaban J connectivity index is 3.24. The van der Waals surface area contributed by atoms with Gasteiger partial charge >= 0.3 is 13.6 Å². The van der Waals surface area contributed by atoms with E-state index in [4.69, 9.17) is 9.05 Å². The van der Waals surface area contributed by atoms with Crippen LogP contribution in [0.5, 0.6) is 0 Å². The molecule has 0 saturated heterocycles. The Labute approximate surface area is 135 Å². The number of methoxy groups -OCH3 is 1. The highest BCUT2D eigenvalue weighted by Gasteiger charge is 2.26. The molecule has 1 aromatic rings. The standard InChI is InChI=1S/C15H22NO6P/c1-5-21-23(19,22-6-2)10-13-9-12(15(18)20-4)7-8-14(13)16-11(3)17/h7-9H,5-6,10H2,1-4H3,(H,16,17). The first kappa shape index (κ1) is 19.4. The molecule has 0 saturated carbocycles. The zero-order valence-corrected chi connectivity index (χ0v) is 14.6. The molecule has 0 aliphatic rings. The number of rotatable bonds is 8. The third-order valence-electron chi connectivity index (χ3n) is 2.85. The van der Waals surface area contributed by atoms with Crippen molar-refractivity contribution < 1.29 is 27.9 Å². The van der Waals surface area contributed by atoms with Crippen molar-refractivity contribution in [1.29, 1.82) is 0 Å². The molecule has 0 bridgehead atoms. The van der Waals surface area contributed by atoms with E-state index in [1.54, 1.807) is 19.9 Å². The van der Waals surface area contributed by atoms with E-state index in [0.717, 1.165) is 0 Å². The van der Waals surface area contributed by atoms with Gasteiger partial charge in [-0.25, -0.2) is 4.79 Å². The van der Waals surface area contributed by atoms with Gasteiger partial charge in [-0.2, -0.15) is 0 Å². The Morgan fingerprint density at radius 1 is 1.17 bits per heavy atom. The van der Waals surface area contributed by atoms with Crippen LogP contribution in [0.4, 0.5) is 5.69 Å². The molecule has 1 rings (SSSR count). The second-order valence-corrected chi connectivity index (χ2v) is 6.70. The lowest BCUT2D eigenvalue weighted by atomic mass is 10.1. The van der Waals surface area contributed by atoms with Crippen LogP contribution >= 0.6 is 7.60 Å². The number of hydrogen-bond donors (Lipinski definition) is 1. The molecule has 23 heavy (non-hydrogen) atoms. The molecule has 0 fully saturated rings. The van der Waals surface area contributed by atoms with E-state index < -0.39 is 13.6 Å². The van der Waals surface area contributed by atoms with Gasteiger partial charge in [-0.1, -0.05) is 0 Å². The summed E-state index contributed by atoms with van der Waals surface area (Å²) in [6, 6.07) is 4.60. The highest BCUT2D eigenvalue weighted by atomic mass is 31.2. The smallest absolute Gasteiger partial charge is 0.337 e. The van der Waals surface area contributed by atoms with E-state index in [-0.39, 0.29) is 30.8 Å². The van der Waals surface area contributed by atoms with Gasteiger partial charge < -0.3 is 19.1 Å². The number of nitrogens with one attached hydrogen (secondary N) is 1. The van der Waals surface area contributed by atoms with Gasteiger partial charge in [0.15, 0.2) is 0 Å². The molecule has 0 aliphatic carbocycles. The van der Waals surface area contributed by atoms with E-state index in [2.05, 4.69) is 10.1 Å². The Kier molecular flexibility index (Phi) is 7.42. The van der Waals surface area contributed by atoms with Gasteiger partial charge in [0.2, 0.25) is 5.91 Å². The maximum atomic E-state index is 12.7. The van der Waals surface area contributed by atoms with Crippen LogP contribution in [0.1, 0.15) is 36.7 Å². The van der Waals surface area contributed by atoms with Crippen molar-refractivity contribution in [3.63, 3.8) is 0 Å². The molecule has 0 unspecified atom stereocenters. The fourth-order valence-corrected chi connectivity index (χ4v) is 3.73. The minimum Gasteiger partial charge on any atom is -0.465 e. The Morgan fingerprint density at radius 2 is 1.78 bits per heavy atom. The first-order valence-corrected chi connectivity index (χ1v) is 8.95. The number of amides is 1. The Bertz CT molecular complexity index is 606. The van der Waals surface area contributed by atoms with Crippen molar-refractivity contribution in [3.05, 3.63) is 29.3 Å². The fraction of sp³-hybridized carbons (Fsp3) is 0.467. The van der Waals surface area contributed by atoms with Crippen LogP contribution < -0.4 is 5.32 Å². The molecule has 1 amide bonds. The summed E-state index contributed by atoms with van der Waals surface area (Å²) in [5, 5.41) is 2.64. The van der Waals surface area contributed by atoms with Gasteiger partial charge in [0.05, 0.1) is 32.0 Å². The van der Waals surface area contributed by atoms with Crippen LogP contribution in [0.15, 0.2) is 18.2 Å². The molecule has 0 aliphatic heterocycles. The number of hydrogen-bond acceptors (Lipinski definition) is 6. The fourth-order valence-electron chi connectivity index (χ4n) is 2.01. The number of esters is 1. The van der Waals surface area contributed by atoms with E-state index in [9.17, 15) is 14.2 Å². The van der Waals surface area contributed by atoms with Crippen LogP contribution in [-0.4, -0.2) is 32.2 Å². The summed E-state index contributed by atoms with van der Waals surface area (Å²) in [6.45, 7) is 5.24. The predicted molar refractivity (Wildman–Crippen MR) is 86.6 cm³/mol. The first-order valence-electron chi connectivity index (χ1n) is 7.22.